The van der Waals surface area contributed by atoms with E-state index in [1.165, 1.54) is 0 Å². The lowest BCUT2D eigenvalue weighted by molar-refractivity contribution is 0.0529. The molecule has 1 rings (SSSR count). The van der Waals surface area contributed by atoms with Crippen LogP contribution in [0.15, 0.2) is 18.2 Å². The summed E-state index contributed by atoms with van der Waals surface area (Å²) in [6, 6.07) is 4.94. The van der Waals surface area contributed by atoms with Gasteiger partial charge in [-0.25, -0.2) is 9.59 Å². The van der Waals surface area contributed by atoms with Crippen molar-refractivity contribution in [2.24, 2.45) is 0 Å². The highest BCUT2D eigenvalue weighted by molar-refractivity contribution is 7.80. The van der Waals surface area contributed by atoms with Gasteiger partial charge < -0.3 is 9.47 Å². The molecule has 0 radical (unpaired) electrons. The summed E-state index contributed by atoms with van der Waals surface area (Å²) in [6.45, 7) is 7.41. The molecule has 0 saturated heterocycles. The van der Waals surface area contributed by atoms with Crippen molar-refractivity contribution in [1.29, 1.82) is 0 Å². The summed E-state index contributed by atoms with van der Waals surface area (Å²) in [5.41, 5.74) is 1.18. The number of hydrogen-bond donors (Lipinski definition) is 2. The largest absolute Gasteiger partial charge is 0.461 e. The van der Waals surface area contributed by atoms with Crippen LogP contribution in [0.3, 0.4) is 0 Å². The van der Waals surface area contributed by atoms with Gasteiger partial charge in [0.05, 0.1) is 5.56 Å². The van der Waals surface area contributed by atoms with Gasteiger partial charge >= 0.3 is 12.1 Å². The van der Waals surface area contributed by atoms with Crippen molar-refractivity contribution in [3.8, 4) is 0 Å². The molecule has 0 saturated carbocycles. The van der Waals surface area contributed by atoms with Gasteiger partial charge in [0.2, 0.25) is 0 Å². The molecule has 0 aliphatic heterocycles. The van der Waals surface area contributed by atoms with Crippen LogP contribution in [0.5, 0.6) is 0 Å². The van der Waals surface area contributed by atoms with Crippen LogP contribution < -0.4 is 5.32 Å². The Kier molecular flexibility index (Phi) is 6.08. The van der Waals surface area contributed by atoms with Crippen LogP contribution >= 0.6 is 12.6 Å². The van der Waals surface area contributed by atoms with Crippen molar-refractivity contribution in [3.63, 3.8) is 0 Å². The van der Waals surface area contributed by atoms with Gasteiger partial charge in [-0.05, 0) is 51.5 Å². The Hall–Kier alpha value is -1.69. The highest BCUT2D eigenvalue weighted by atomic mass is 32.1. The number of anilines is 1. The number of hydrogen-bond acceptors (Lipinski definition) is 5. The lowest BCUT2D eigenvalue weighted by Gasteiger charge is -2.19. The van der Waals surface area contributed by atoms with Gasteiger partial charge in [-0.2, -0.15) is 12.6 Å². The molecule has 0 spiro atoms. The minimum absolute atomic E-state index is 0.263. The molecule has 0 bridgehead atoms. The van der Waals surface area contributed by atoms with Crippen LogP contribution in [0, 0.1) is 6.92 Å². The van der Waals surface area contributed by atoms with Crippen molar-refractivity contribution >= 4 is 30.4 Å². The maximum Gasteiger partial charge on any atom is 0.412 e. The van der Waals surface area contributed by atoms with Crippen LogP contribution in [0.4, 0.5) is 10.5 Å². The fourth-order valence-corrected chi connectivity index (χ4v) is 1.70. The number of nitrogens with one attached hydrogen (secondary N) is 1. The lowest BCUT2D eigenvalue weighted by Crippen LogP contribution is -2.27. The molecular weight excluding hydrogens is 290 g/mol. The SMILES string of the molecule is Cc1cc(NC(=O)OC(C)(C)C)ccc1C(=O)OCCS. The van der Waals surface area contributed by atoms with Gasteiger partial charge in [0.1, 0.15) is 12.2 Å². The molecule has 0 aliphatic rings. The molecule has 21 heavy (non-hydrogen) atoms. The molecule has 116 valence electrons. The average molecular weight is 311 g/mol. The van der Waals surface area contributed by atoms with Crippen LogP contribution in [0.1, 0.15) is 36.7 Å². The molecule has 0 heterocycles. The van der Waals surface area contributed by atoms with Gasteiger partial charge in [0, 0.05) is 11.4 Å². The standard InChI is InChI=1S/C15H21NO4S/c1-10-9-11(16-14(18)20-15(2,3)4)5-6-12(10)13(17)19-7-8-21/h5-6,9,21H,7-8H2,1-4H3,(H,16,18). The summed E-state index contributed by atoms with van der Waals surface area (Å²) in [7, 11) is 0. The fraction of sp³-hybridized carbons (Fsp3) is 0.467. The number of carbonyl (C=O) groups excluding carboxylic acids is 2. The van der Waals surface area contributed by atoms with E-state index in [1.807, 2.05) is 0 Å². The minimum Gasteiger partial charge on any atom is -0.461 e. The highest BCUT2D eigenvalue weighted by Crippen LogP contribution is 2.17. The van der Waals surface area contributed by atoms with E-state index in [1.54, 1.807) is 45.9 Å². The summed E-state index contributed by atoms with van der Waals surface area (Å²) < 4.78 is 10.2. The number of ether oxygens (including phenoxy) is 2. The highest BCUT2D eigenvalue weighted by Gasteiger charge is 2.17. The third-order valence-corrected chi connectivity index (χ3v) is 2.60. The maximum atomic E-state index is 11.8. The Morgan fingerprint density at radius 2 is 1.95 bits per heavy atom. The van der Waals surface area contributed by atoms with Crippen molar-refractivity contribution in [2.45, 2.75) is 33.3 Å². The van der Waals surface area contributed by atoms with Crippen LogP contribution in [-0.4, -0.2) is 30.0 Å². The van der Waals surface area contributed by atoms with Crippen molar-refractivity contribution < 1.29 is 19.1 Å². The normalized spacial score (nSPS) is 10.9. The van der Waals surface area contributed by atoms with Crippen molar-refractivity contribution in [2.75, 3.05) is 17.7 Å². The third kappa shape index (κ3) is 6.08. The maximum absolute atomic E-state index is 11.8. The number of rotatable bonds is 4. The first-order valence-corrected chi connectivity index (χ1v) is 7.25. The zero-order chi connectivity index (χ0) is 16.0. The molecule has 0 unspecified atom stereocenters. The minimum atomic E-state index is -0.560. The molecule has 1 aromatic rings. The van der Waals surface area contributed by atoms with E-state index in [4.69, 9.17) is 9.47 Å². The number of esters is 1. The van der Waals surface area contributed by atoms with E-state index in [2.05, 4.69) is 17.9 Å². The molecule has 1 N–H and O–H groups in total. The number of aryl methyl sites for hydroxylation is 1. The van der Waals surface area contributed by atoms with Gasteiger partial charge in [-0.15, -0.1) is 0 Å². The van der Waals surface area contributed by atoms with Crippen LogP contribution in [0.2, 0.25) is 0 Å². The van der Waals surface area contributed by atoms with Gasteiger partial charge in [-0.3, -0.25) is 5.32 Å². The second-order valence-corrected chi connectivity index (χ2v) is 5.96. The number of thiol groups is 1. The van der Waals surface area contributed by atoms with E-state index in [-0.39, 0.29) is 6.61 Å². The summed E-state index contributed by atoms with van der Waals surface area (Å²) >= 11 is 3.98. The Balaban J connectivity index is 2.74. The molecule has 0 aromatic heterocycles. The molecule has 0 aliphatic carbocycles. The first kappa shape index (κ1) is 17.4. The van der Waals surface area contributed by atoms with E-state index < -0.39 is 17.7 Å². The monoisotopic (exact) mass is 311 g/mol. The summed E-state index contributed by atoms with van der Waals surface area (Å²) in [5, 5.41) is 2.62. The van der Waals surface area contributed by atoms with Crippen molar-refractivity contribution in [1.82, 2.24) is 0 Å². The lowest BCUT2D eigenvalue weighted by atomic mass is 10.1. The summed E-state index contributed by atoms with van der Waals surface area (Å²) in [5.74, 6) is 0.0775. The Morgan fingerprint density at radius 3 is 2.48 bits per heavy atom. The smallest absolute Gasteiger partial charge is 0.412 e. The van der Waals surface area contributed by atoms with E-state index in [0.29, 0.717) is 22.6 Å². The van der Waals surface area contributed by atoms with Crippen LogP contribution in [0.25, 0.3) is 0 Å². The molecular formula is C15H21NO4S. The molecule has 6 heteroatoms. The molecule has 0 fully saturated rings. The predicted molar refractivity (Wildman–Crippen MR) is 85.2 cm³/mol. The first-order valence-electron chi connectivity index (χ1n) is 6.61. The number of benzene rings is 1. The summed E-state index contributed by atoms with van der Waals surface area (Å²) in [6.07, 6.45) is -0.535. The second-order valence-electron chi connectivity index (χ2n) is 5.52. The Morgan fingerprint density at radius 1 is 1.29 bits per heavy atom. The van der Waals surface area contributed by atoms with E-state index >= 15 is 0 Å². The average Bonchev–Trinajstić information content (AvgIpc) is 2.33. The number of carbonyl (C=O) groups is 2. The predicted octanol–water partition coefficient (Wildman–Crippen LogP) is 3.43. The second kappa shape index (κ2) is 7.36. The van der Waals surface area contributed by atoms with E-state index in [0.717, 1.165) is 0 Å². The third-order valence-electron chi connectivity index (χ3n) is 2.42. The van der Waals surface area contributed by atoms with Crippen LogP contribution in [-0.2, 0) is 9.47 Å². The number of amides is 1. The topological polar surface area (TPSA) is 64.6 Å². The zero-order valence-electron chi connectivity index (χ0n) is 12.7. The fourth-order valence-electron chi connectivity index (χ4n) is 1.61. The molecule has 1 aromatic carbocycles. The first-order chi connectivity index (χ1) is 9.73. The van der Waals surface area contributed by atoms with E-state index in [9.17, 15) is 9.59 Å². The molecule has 1 amide bonds. The van der Waals surface area contributed by atoms with Gasteiger partial charge in [0.15, 0.2) is 0 Å². The zero-order valence-corrected chi connectivity index (χ0v) is 13.6. The van der Waals surface area contributed by atoms with Gasteiger partial charge in [-0.1, -0.05) is 0 Å². The van der Waals surface area contributed by atoms with Crippen molar-refractivity contribution in [3.05, 3.63) is 29.3 Å². The Bertz CT molecular complexity index is 523. The van der Waals surface area contributed by atoms with Gasteiger partial charge in [0.25, 0.3) is 0 Å². The quantitative estimate of drug-likeness (QED) is 0.660. The molecule has 0 atom stereocenters. The summed E-state index contributed by atoms with van der Waals surface area (Å²) in [4.78, 5) is 23.4. The Labute approximate surface area is 130 Å². The molecule has 5 nitrogen and oxygen atoms in total.